The second-order valence-corrected chi connectivity index (χ2v) is 10.4. The van der Waals surface area contributed by atoms with Gasteiger partial charge in [0.2, 0.25) is 11.8 Å². The lowest BCUT2D eigenvalue weighted by Crippen LogP contribution is -2.30. The monoisotopic (exact) mass is 561 g/mol. The molecule has 1 aromatic heterocycles. The van der Waals surface area contributed by atoms with E-state index in [-0.39, 0.29) is 17.3 Å². The number of rotatable bonds is 8. The molecule has 212 valence electrons. The van der Waals surface area contributed by atoms with E-state index in [0.717, 1.165) is 6.07 Å². The molecule has 1 N–H and O–H groups in total. The molecule has 0 bridgehead atoms. The number of methoxy groups -OCH3 is 2. The van der Waals surface area contributed by atoms with E-state index in [9.17, 15) is 14.0 Å². The van der Waals surface area contributed by atoms with Crippen LogP contribution in [0.1, 0.15) is 13.8 Å². The molecular weight excluding hydrogens is 532 g/mol. The SMILES string of the molecule is COc1cc2nccc(Oc3ccc(NC(=O)[C@@H]4[C@H](C(=O)N(C)c5ccc(F)cc5)C4(C)C)cc3F)c2cc1OC. The van der Waals surface area contributed by atoms with Crippen molar-refractivity contribution in [2.75, 3.05) is 31.5 Å². The minimum atomic E-state index is -0.688. The van der Waals surface area contributed by atoms with Gasteiger partial charge in [-0.3, -0.25) is 14.6 Å². The fourth-order valence-electron chi connectivity index (χ4n) is 5.12. The smallest absolute Gasteiger partial charge is 0.231 e. The summed E-state index contributed by atoms with van der Waals surface area (Å²) in [5, 5.41) is 3.32. The van der Waals surface area contributed by atoms with Gasteiger partial charge < -0.3 is 24.4 Å². The van der Waals surface area contributed by atoms with Crippen molar-refractivity contribution in [2.24, 2.45) is 17.3 Å². The van der Waals surface area contributed by atoms with E-state index in [1.807, 2.05) is 13.8 Å². The topological polar surface area (TPSA) is 90.0 Å². The van der Waals surface area contributed by atoms with E-state index in [2.05, 4.69) is 10.3 Å². The Kier molecular flexibility index (Phi) is 7.25. The van der Waals surface area contributed by atoms with Crippen LogP contribution in [0.2, 0.25) is 0 Å². The predicted molar refractivity (Wildman–Crippen MR) is 151 cm³/mol. The molecule has 8 nitrogen and oxygen atoms in total. The standard InChI is InChI=1S/C31H29F2N3O5/c1-31(2)27(28(31)30(38)36(3)19-9-6-17(32)7-10-19)29(37)35-18-8-11-24(21(33)14-18)41-23-12-13-34-22-16-26(40-5)25(39-4)15-20(22)23/h6-16,27-28H,1-5H3,(H,35,37)/t27-,28+/m0/s1. The number of anilines is 2. The third-order valence-electron chi connectivity index (χ3n) is 7.55. The Balaban J connectivity index is 1.30. The van der Waals surface area contributed by atoms with Crippen LogP contribution in [0.3, 0.4) is 0 Å². The first-order valence-corrected chi connectivity index (χ1v) is 12.9. The molecule has 1 aliphatic rings. The predicted octanol–water partition coefficient (Wildman–Crippen LogP) is 6.20. The third kappa shape index (κ3) is 5.25. The Morgan fingerprint density at radius 1 is 0.878 bits per heavy atom. The molecule has 0 radical (unpaired) electrons. The molecule has 3 aromatic carbocycles. The van der Waals surface area contributed by atoms with Crippen LogP contribution in [-0.4, -0.2) is 38.1 Å². The number of fused-ring (bicyclic) bond motifs is 1. The lowest BCUT2D eigenvalue weighted by Gasteiger charge is -2.18. The molecule has 5 rings (SSSR count). The zero-order chi connectivity index (χ0) is 29.5. The maximum atomic E-state index is 15.1. The first-order chi connectivity index (χ1) is 19.5. The van der Waals surface area contributed by atoms with Crippen LogP contribution in [0.4, 0.5) is 20.2 Å². The van der Waals surface area contributed by atoms with E-state index in [1.165, 1.54) is 55.5 Å². The van der Waals surface area contributed by atoms with Gasteiger partial charge in [-0.05, 0) is 53.9 Å². The second kappa shape index (κ2) is 10.7. The van der Waals surface area contributed by atoms with E-state index in [1.54, 1.807) is 31.4 Å². The van der Waals surface area contributed by atoms with Gasteiger partial charge in [-0.1, -0.05) is 13.8 Å². The van der Waals surface area contributed by atoms with Crippen LogP contribution >= 0.6 is 0 Å². The molecule has 1 aliphatic carbocycles. The van der Waals surface area contributed by atoms with Gasteiger partial charge in [-0.25, -0.2) is 8.78 Å². The van der Waals surface area contributed by atoms with Crippen molar-refractivity contribution in [2.45, 2.75) is 13.8 Å². The molecule has 0 aliphatic heterocycles. The van der Waals surface area contributed by atoms with Gasteiger partial charge in [0, 0.05) is 42.1 Å². The molecular formula is C31H29F2N3O5. The molecule has 10 heteroatoms. The zero-order valence-corrected chi connectivity index (χ0v) is 23.2. The van der Waals surface area contributed by atoms with Crippen LogP contribution in [0.5, 0.6) is 23.0 Å². The summed E-state index contributed by atoms with van der Waals surface area (Å²) >= 11 is 0. The minimum absolute atomic E-state index is 0.0500. The maximum absolute atomic E-state index is 15.1. The van der Waals surface area contributed by atoms with Crippen LogP contribution < -0.4 is 24.4 Å². The van der Waals surface area contributed by atoms with Crippen molar-refractivity contribution in [3.63, 3.8) is 0 Å². The lowest BCUT2D eigenvalue weighted by atomic mass is 10.1. The number of hydrogen-bond donors (Lipinski definition) is 1. The summed E-state index contributed by atoms with van der Waals surface area (Å²) < 4.78 is 45.0. The Hall–Kier alpha value is -4.73. The molecule has 4 aromatic rings. The van der Waals surface area contributed by atoms with Crippen molar-refractivity contribution >= 4 is 34.1 Å². The molecule has 0 saturated heterocycles. The first-order valence-electron chi connectivity index (χ1n) is 12.9. The van der Waals surface area contributed by atoms with Gasteiger partial charge >= 0.3 is 0 Å². The summed E-state index contributed by atoms with van der Waals surface area (Å²) in [6.07, 6.45) is 1.54. The molecule has 1 heterocycles. The first kappa shape index (κ1) is 27.8. The average molecular weight is 562 g/mol. The summed E-state index contributed by atoms with van der Waals surface area (Å²) in [5.74, 6) is -1.66. The largest absolute Gasteiger partial charge is 0.493 e. The van der Waals surface area contributed by atoms with E-state index in [4.69, 9.17) is 14.2 Å². The summed E-state index contributed by atoms with van der Waals surface area (Å²) in [5.41, 5.74) is 0.719. The number of nitrogens with zero attached hydrogens (tertiary/aromatic N) is 2. The summed E-state index contributed by atoms with van der Waals surface area (Å²) in [6.45, 7) is 3.67. The number of halogens is 2. The van der Waals surface area contributed by atoms with Crippen LogP contribution in [-0.2, 0) is 9.59 Å². The fraction of sp³-hybridized carbons (Fsp3) is 0.258. The number of ether oxygens (including phenoxy) is 3. The number of amides is 2. The third-order valence-corrected chi connectivity index (χ3v) is 7.55. The van der Waals surface area contributed by atoms with E-state index >= 15 is 4.39 Å². The number of nitrogens with one attached hydrogen (secondary N) is 1. The number of carbonyl (C=O) groups excluding carboxylic acids is 2. The Morgan fingerprint density at radius 3 is 2.22 bits per heavy atom. The van der Waals surface area contributed by atoms with Crippen LogP contribution in [0.25, 0.3) is 10.9 Å². The van der Waals surface area contributed by atoms with Gasteiger partial charge in [-0.2, -0.15) is 0 Å². The highest BCUT2D eigenvalue weighted by molar-refractivity contribution is 6.05. The highest BCUT2D eigenvalue weighted by Crippen LogP contribution is 2.59. The van der Waals surface area contributed by atoms with E-state index < -0.39 is 34.8 Å². The molecule has 1 saturated carbocycles. The van der Waals surface area contributed by atoms with Crippen LogP contribution in [0, 0.1) is 28.9 Å². The quantitative estimate of drug-likeness (QED) is 0.276. The molecule has 0 spiro atoms. The summed E-state index contributed by atoms with van der Waals surface area (Å²) in [6, 6.07) is 14.7. The number of benzene rings is 3. The molecule has 41 heavy (non-hydrogen) atoms. The molecule has 0 unspecified atom stereocenters. The van der Waals surface area contributed by atoms with Gasteiger partial charge in [0.05, 0.1) is 31.6 Å². The minimum Gasteiger partial charge on any atom is -0.493 e. The number of pyridine rings is 1. The second-order valence-electron chi connectivity index (χ2n) is 10.4. The Labute approximate surface area is 235 Å². The average Bonchev–Trinajstić information content (AvgIpc) is 3.55. The fourth-order valence-corrected chi connectivity index (χ4v) is 5.12. The highest BCUT2D eigenvalue weighted by Gasteiger charge is 2.66. The molecule has 1 fully saturated rings. The Morgan fingerprint density at radius 2 is 1.56 bits per heavy atom. The highest BCUT2D eigenvalue weighted by atomic mass is 19.1. The van der Waals surface area contributed by atoms with Crippen molar-refractivity contribution in [1.82, 2.24) is 4.98 Å². The lowest BCUT2D eigenvalue weighted by molar-refractivity contribution is -0.123. The summed E-state index contributed by atoms with van der Waals surface area (Å²) in [7, 11) is 4.62. The van der Waals surface area contributed by atoms with Crippen molar-refractivity contribution in [3.05, 3.63) is 78.5 Å². The summed E-state index contributed by atoms with van der Waals surface area (Å²) in [4.78, 5) is 32.1. The maximum Gasteiger partial charge on any atom is 0.231 e. The van der Waals surface area contributed by atoms with Crippen molar-refractivity contribution in [3.8, 4) is 23.0 Å². The molecule has 2 amide bonds. The zero-order valence-electron chi connectivity index (χ0n) is 23.2. The van der Waals surface area contributed by atoms with Crippen LogP contribution in [0.15, 0.2) is 66.9 Å². The van der Waals surface area contributed by atoms with E-state index in [0.29, 0.717) is 33.8 Å². The van der Waals surface area contributed by atoms with Gasteiger partial charge in [-0.15, -0.1) is 0 Å². The van der Waals surface area contributed by atoms with Gasteiger partial charge in [0.1, 0.15) is 11.6 Å². The Bertz CT molecular complexity index is 1640. The number of hydrogen-bond acceptors (Lipinski definition) is 6. The van der Waals surface area contributed by atoms with Crippen molar-refractivity contribution < 1.29 is 32.6 Å². The molecule has 2 atom stereocenters. The van der Waals surface area contributed by atoms with Crippen molar-refractivity contribution in [1.29, 1.82) is 0 Å². The van der Waals surface area contributed by atoms with Gasteiger partial charge in [0.15, 0.2) is 23.1 Å². The number of carbonyl (C=O) groups is 2. The van der Waals surface area contributed by atoms with Gasteiger partial charge in [0.25, 0.3) is 0 Å². The number of aromatic nitrogens is 1. The normalized spacial score (nSPS) is 17.0.